The highest BCUT2D eigenvalue weighted by Gasteiger charge is 2.12. The highest BCUT2D eigenvalue weighted by Crippen LogP contribution is 2.22. The second kappa shape index (κ2) is 3.31. The number of hydrogen-bond acceptors (Lipinski definition) is 0. The van der Waals surface area contributed by atoms with Crippen LogP contribution in [0.15, 0.2) is 54.6 Å². The molecular weight excluding hydrogens is 144 g/mol. The molecule has 0 radical (unpaired) electrons. The van der Waals surface area contributed by atoms with Gasteiger partial charge >= 0.3 is 0 Å². The Bertz CT molecular complexity index is 293. The van der Waals surface area contributed by atoms with Crippen LogP contribution < -0.4 is 0 Å². The molecule has 0 aliphatic heterocycles. The molecule has 1 aliphatic rings. The lowest BCUT2D eigenvalue weighted by Gasteiger charge is -2.06. The van der Waals surface area contributed by atoms with Gasteiger partial charge < -0.3 is 0 Å². The number of hydrogen-bond donors (Lipinski definition) is 0. The van der Waals surface area contributed by atoms with Crippen LogP contribution in [0.3, 0.4) is 0 Å². The highest BCUT2D eigenvalue weighted by atomic mass is 14.1. The minimum Gasteiger partial charge on any atom is -0.0622 e. The molecule has 0 spiro atoms. The maximum Gasteiger partial charge on any atom is 0.0949 e. The van der Waals surface area contributed by atoms with Gasteiger partial charge in [0.25, 0.3) is 0 Å². The summed E-state index contributed by atoms with van der Waals surface area (Å²) in [5.74, 6) is 0.469. The Morgan fingerprint density at radius 3 is 2.50 bits per heavy atom. The first kappa shape index (κ1) is 7.23. The summed E-state index contributed by atoms with van der Waals surface area (Å²) in [6.07, 6.45) is 10.7. The normalized spacial score (nSPS) is 20.5. The van der Waals surface area contributed by atoms with Gasteiger partial charge in [-0.2, -0.15) is 0 Å². The average Bonchev–Trinajstić information content (AvgIpc) is 2.21. The van der Waals surface area contributed by atoms with Crippen LogP contribution in [0.1, 0.15) is 11.5 Å². The van der Waals surface area contributed by atoms with Crippen LogP contribution in [0.4, 0.5) is 0 Å². The molecule has 0 aromatic heterocycles. The van der Waals surface area contributed by atoms with Gasteiger partial charge in [-0.1, -0.05) is 30.3 Å². The summed E-state index contributed by atoms with van der Waals surface area (Å²) >= 11 is 0. The fourth-order valence-electron chi connectivity index (χ4n) is 1.39. The fourth-order valence-corrected chi connectivity index (χ4v) is 1.39. The summed E-state index contributed by atoms with van der Waals surface area (Å²) in [5.41, 5.74) is 1.36. The zero-order valence-corrected chi connectivity index (χ0v) is 6.85. The number of allylic oxidation sites excluding steroid dienone is 4. The molecule has 1 aromatic carbocycles. The first-order valence-electron chi connectivity index (χ1n) is 4.20. The van der Waals surface area contributed by atoms with Gasteiger partial charge in [0.2, 0.25) is 0 Å². The lowest BCUT2D eigenvalue weighted by molar-refractivity contribution is 1.01. The molecule has 58 valence electrons. The van der Waals surface area contributed by atoms with Gasteiger partial charge in [0.1, 0.15) is 0 Å². The zero-order valence-electron chi connectivity index (χ0n) is 6.85. The van der Waals surface area contributed by atoms with Crippen molar-refractivity contribution in [1.29, 1.82) is 0 Å². The maximum atomic E-state index is 2.20. The molecule has 1 aliphatic carbocycles. The molecule has 0 fully saturated rings. The standard InChI is InChI=1S/C12H11/c1-3-7-11(8-4-1)12-9-5-2-6-10-12/h1-11H/q+1. The van der Waals surface area contributed by atoms with Crippen molar-refractivity contribution < 1.29 is 0 Å². The second-order valence-electron chi connectivity index (χ2n) is 2.90. The van der Waals surface area contributed by atoms with Crippen LogP contribution in [-0.4, -0.2) is 0 Å². The Morgan fingerprint density at radius 2 is 1.83 bits per heavy atom. The molecule has 0 nitrogen and oxygen atoms in total. The molecule has 0 unspecified atom stereocenters. The van der Waals surface area contributed by atoms with E-state index in [2.05, 4.69) is 55.0 Å². The van der Waals surface area contributed by atoms with Crippen molar-refractivity contribution in [3.63, 3.8) is 0 Å². The summed E-state index contributed by atoms with van der Waals surface area (Å²) in [6.45, 7) is 0. The maximum absolute atomic E-state index is 2.20. The van der Waals surface area contributed by atoms with Crippen molar-refractivity contribution in [2.24, 2.45) is 0 Å². The average molecular weight is 155 g/mol. The molecule has 0 heteroatoms. The predicted octanol–water partition coefficient (Wildman–Crippen LogP) is 3.10. The molecule has 0 amide bonds. The Hall–Kier alpha value is -1.43. The fraction of sp³-hybridized carbons (Fsp3) is 0.0833. The van der Waals surface area contributed by atoms with Gasteiger partial charge in [0.15, 0.2) is 0 Å². The van der Waals surface area contributed by atoms with E-state index in [1.807, 2.05) is 6.07 Å². The molecule has 0 saturated heterocycles. The minimum absolute atomic E-state index is 0.469. The van der Waals surface area contributed by atoms with Crippen LogP contribution in [0.2, 0.25) is 0 Å². The first-order chi connectivity index (χ1) is 5.97. The monoisotopic (exact) mass is 155 g/mol. The van der Waals surface area contributed by atoms with E-state index in [4.69, 9.17) is 0 Å². The van der Waals surface area contributed by atoms with E-state index in [-0.39, 0.29) is 0 Å². The predicted molar refractivity (Wildman–Crippen MR) is 51.8 cm³/mol. The Kier molecular flexibility index (Phi) is 2.00. The van der Waals surface area contributed by atoms with E-state index < -0.39 is 0 Å². The van der Waals surface area contributed by atoms with Crippen molar-refractivity contribution >= 4 is 0 Å². The van der Waals surface area contributed by atoms with Crippen molar-refractivity contribution in [3.05, 3.63) is 66.6 Å². The number of rotatable bonds is 1. The van der Waals surface area contributed by atoms with Crippen LogP contribution >= 0.6 is 0 Å². The molecule has 2 rings (SSSR count). The summed E-state index contributed by atoms with van der Waals surface area (Å²) in [5, 5.41) is 0. The van der Waals surface area contributed by atoms with Crippen molar-refractivity contribution in [2.45, 2.75) is 5.92 Å². The topological polar surface area (TPSA) is 0 Å². The molecule has 1 aromatic rings. The Balaban J connectivity index is 2.21. The molecule has 0 N–H and O–H groups in total. The van der Waals surface area contributed by atoms with Crippen LogP contribution in [0, 0.1) is 6.42 Å². The summed E-state index contributed by atoms with van der Waals surface area (Å²) in [7, 11) is 0. The van der Waals surface area contributed by atoms with E-state index in [9.17, 15) is 0 Å². The quantitative estimate of drug-likeness (QED) is 0.547. The van der Waals surface area contributed by atoms with E-state index in [0.717, 1.165) is 0 Å². The summed E-state index contributed by atoms with van der Waals surface area (Å²) in [6, 6.07) is 10.5. The lowest BCUT2D eigenvalue weighted by atomic mass is 9.93. The molecule has 0 heterocycles. The molecule has 0 bridgehead atoms. The van der Waals surface area contributed by atoms with Gasteiger partial charge in [-0.15, -0.1) is 0 Å². The van der Waals surface area contributed by atoms with Gasteiger partial charge in [0.05, 0.1) is 24.5 Å². The lowest BCUT2D eigenvalue weighted by Crippen LogP contribution is -1.95. The van der Waals surface area contributed by atoms with Crippen molar-refractivity contribution in [1.82, 2.24) is 0 Å². The van der Waals surface area contributed by atoms with Crippen LogP contribution in [-0.2, 0) is 0 Å². The molecule has 1 atom stereocenters. The van der Waals surface area contributed by atoms with Gasteiger partial charge in [-0.05, 0) is 11.6 Å². The third kappa shape index (κ3) is 1.42. The molecule has 12 heavy (non-hydrogen) atoms. The Labute approximate surface area is 73.2 Å². The van der Waals surface area contributed by atoms with E-state index in [0.29, 0.717) is 5.92 Å². The molecule has 0 saturated carbocycles. The SMILES string of the molecule is C1=C[CH+][C@H](c2ccccc2)C=C1. The minimum atomic E-state index is 0.469. The van der Waals surface area contributed by atoms with Crippen LogP contribution in [0.25, 0.3) is 0 Å². The van der Waals surface area contributed by atoms with Crippen molar-refractivity contribution in [2.75, 3.05) is 0 Å². The zero-order chi connectivity index (χ0) is 8.23. The number of benzene rings is 1. The van der Waals surface area contributed by atoms with Gasteiger partial charge in [-0.3, -0.25) is 0 Å². The van der Waals surface area contributed by atoms with E-state index in [1.165, 1.54) is 5.56 Å². The third-order valence-corrected chi connectivity index (χ3v) is 2.04. The van der Waals surface area contributed by atoms with E-state index >= 15 is 0 Å². The largest absolute Gasteiger partial charge is 0.0949 e. The van der Waals surface area contributed by atoms with Crippen molar-refractivity contribution in [3.8, 4) is 0 Å². The first-order valence-corrected chi connectivity index (χ1v) is 4.20. The third-order valence-electron chi connectivity index (χ3n) is 2.04. The van der Waals surface area contributed by atoms with Gasteiger partial charge in [0, 0.05) is 6.08 Å². The Morgan fingerprint density at radius 1 is 1.00 bits per heavy atom. The second-order valence-corrected chi connectivity index (χ2v) is 2.90. The van der Waals surface area contributed by atoms with Gasteiger partial charge in [-0.25, -0.2) is 0 Å². The molecular formula is C12H11+. The highest BCUT2D eigenvalue weighted by molar-refractivity contribution is 5.33. The van der Waals surface area contributed by atoms with E-state index in [1.54, 1.807) is 0 Å². The van der Waals surface area contributed by atoms with Crippen LogP contribution in [0.5, 0.6) is 0 Å². The smallest absolute Gasteiger partial charge is 0.0622 e. The summed E-state index contributed by atoms with van der Waals surface area (Å²) < 4.78 is 0. The summed E-state index contributed by atoms with van der Waals surface area (Å²) in [4.78, 5) is 0.